The molecule has 1 atom stereocenters. The maximum Gasteiger partial charge on any atom is 0.343 e. The lowest BCUT2D eigenvalue weighted by Gasteiger charge is -2.24. The van der Waals surface area contributed by atoms with Crippen LogP contribution in [0.4, 0.5) is 0 Å². The van der Waals surface area contributed by atoms with Crippen LogP contribution < -0.4 is 19.6 Å². The fourth-order valence-electron chi connectivity index (χ4n) is 2.90. The highest BCUT2D eigenvalue weighted by molar-refractivity contribution is 9.11. The van der Waals surface area contributed by atoms with E-state index in [1.165, 1.54) is 6.21 Å². The predicted molar refractivity (Wildman–Crippen MR) is 125 cm³/mol. The lowest BCUT2D eigenvalue weighted by molar-refractivity contribution is -0.130. The molecule has 3 aromatic carbocycles. The van der Waals surface area contributed by atoms with Crippen molar-refractivity contribution in [3.63, 3.8) is 0 Å². The van der Waals surface area contributed by atoms with E-state index < -0.39 is 18.0 Å². The summed E-state index contributed by atoms with van der Waals surface area (Å²) in [5.74, 6) is 0.371. The van der Waals surface area contributed by atoms with E-state index in [-0.39, 0.29) is 12.4 Å². The normalized spacial score (nSPS) is 14.8. The van der Waals surface area contributed by atoms with Crippen molar-refractivity contribution in [3.05, 3.63) is 86.8 Å². The predicted octanol–water partition coefficient (Wildman–Crippen LogP) is 4.72. The van der Waals surface area contributed by atoms with Crippen LogP contribution in [0.3, 0.4) is 0 Å². The van der Waals surface area contributed by atoms with Gasteiger partial charge in [-0.05, 0) is 52.3 Å². The minimum absolute atomic E-state index is 0.0702. The summed E-state index contributed by atoms with van der Waals surface area (Å²) in [7, 11) is 0. The number of para-hydroxylation sites is 2. The first-order valence-electron chi connectivity index (χ1n) is 9.49. The van der Waals surface area contributed by atoms with Gasteiger partial charge in [-0.15, -0.1) is 0 Å². The summed E-state index contributed by atoms with van der Waals surface area (Å²) in [6.07, 6.45) is 0.547. The van der Waals surface area contributed by atoms with Gasteiger partial charge < -0.3 is 14.2 Å². The molecule has 0 bridgehead atoms. The Kier molecular flexibility index (Phi) is 6.87. The SMILES string of the molecule is O=C(Oc1c(Br)cc(Br)cc1/C=N/NC(=O)[C@@H]1COc2ccccc2O1)c1ccccc1. The first-order chi connectivity index (χ1) is 15.5. The minimum Gasteiger partial charge on any atom is -0.485 e. The van der Waals surface area contributed by atoms with Gasteiger partial charge in [0.1, 0.15) is 6.61 Å². The third-order valence-electron chi connectivity index (χ3n) is 4.42. The number of hydrogen-bond acceptors (Lipinski definition) is 6. The average Bonchev–Trinajstić information content (AvgIpc) is 2.81. The molecule has 0 radical (unpaired) electrons. The van der Waals surface area contributed by atoms with E-state index in [1.54, 1.807) is 54.6 Å². The zero-order chi connectivity index (χ0) is 22.5. The number of fused-ring (bicyclic) bond motifs is 1. The van der Waals surface area contributed by atoms with Crippen LogP contribution in [0.1, 0.15) is 15.9 Å². The number of carbonyl (C=O) groups excluding carboxylic acids is 2. The third kappa shape index (κ3) is 5.17. The molecule has 0 unspecified atom stereocenters. The Morgan fingerprint density at radius 2 is 1.75 bits per heavy atom. The Morgan fingerprint density at radius 3 is 2.53 bits per heavy atom. The van der Waals surface area contributed by atoms with Gasteiger partial charge in [0.2, 0.25) is 6.10 Å². The molecular weight excluding hydrogens is 544 g/mol. The van der Waals surface area contributed by atoms with Crippen molar-refractivity contribution in [2.24, 2.45) is 5.10 Å². The molecule has 0 saturated carbocycles. The Labute approximate surface area is 200 Å². The van der Waals surface area contributed by atoms with E-state index in [1.807, 2.05) is 12.1 Å². The molecule has 4 rings (SSSR count). The summed E-state index contributed by atoms with van der Waals surface area (Å²) in [6.45, 7) is 0.0702. The highest BCUT2D eigenvalue weighted by Crippen LogP contribution is 2.33. The first kappa shape index (κ1) is 22.0. The molecule has 1 amide bonds. The molecule has 3 aromatic rings. The number of nitrogens with one attached hydrogen (secondary N) is 1. The van der Waals surface area contributed by atoms with E-state index in [2.05, 4.69) is 42.4 Å². The van der Waals surface area contributed by atoms with Crippen molar-refractivity contribution in [2.45, 2.75) is 6.10 Å². The molecule has 0 fully saturated rings. The molecule has 0 spiro atoms. The van der Waals surface area contributed by atoms with Crippen molar-refractivity contribution in [1.82, 2.24) is 5.43 Å². The molecule has 0 aliphatic carbocycles. The number of hydrogen-bond donors (Lipinski definition) is 1. The van der Waals surface area contributed by atoms with Crippen LogP contribution in [0.5, 0.6) is 17.2 Å². The Balaban J connectivity index is 1.46. The summed E-state index contributed by atoms with van der Waals surface area (Å²) in [4.78, 5) is 24.9. The van der Waals surface area contributed by atoms with Crippen molar-refractivity contribution in [1.29, 1.82) is 0 Å². The number of nitrogens with zero attached hydrogens (tertiary/aromatic N) is 1. The van der Waals surface area contributed by atoms with Crippen LogP contribution in [0.2, 0.25) is 0 Å². The van der Waals surface area contributed by atoms with Gasteiger partial charge in [-0.2, -0.15) is 5.10 Å². The third-order valence-corrected chi connectivity index (χ3v) is 5.47. The number of amides is 1. The van der Waals surface area contributed by atoms with Gasteiger partial charge in [0.05, 0.1) is 16.3 Å². The van der Waals surface area contributed by atoms with Gasteiger partial charge in [0.25, 0.3) is 5.91 Å². The first-order valence-corrected chi connectivity index (χ1v) is 11.1. The fraction of sp³-hybridized carbons (Fsp3) is 0.0870. The molecule has 7 nitrogen and oxygen atoms in total. The highest BCUT2D eigenvalue weighted by Gasteiger charge is 2.27. The van der Waals surface area contributed by atoms with Crippen molar-refractivity contribution >= 4 is 50.0 Å². The zero-order valence-corrected chi connectivity index (χ0v) is 19.6. The summed E-state index contributed by atoms with van der Waals surface area (Å²) in [5, 5.41) is 4.00. The topological polar surface area (TPSA) is 86.2 Å². The van der Waals surface area contributed by atoms with Crippen LogP contribution in [0.15, 0.2) is 80.8 Å². The van der Waals surface area contributed by atoms with Crippen LogP contribution in [-0.4, -0.2) is 30.8 Å². The van der Waals surface area contributed by atoms with Gasteiger partial charge in [-0.1, -0.05) is 46.3 Å². The number of hydrazone groups is 1. The van der Waals surface area contributed by atoms with Crippen LogP contribution in [0, 0.1) is 0 Å². The number of esters is 1. The maximum absolute atomic E-state index is 12.5. The van der Waals surface area contributed by atoms with Gasteiger partial charge >= 0.3 is 5.97 Å². The Bertz CT molecular complexity index is 1180. The van der Waals surface area contributed by atoms with E-state index in [9.17, 15) is 9.59 Å². The van der Waals surface area contributed by atoms with E-state index >= 15 is 0 Å². The lowest BCUT2D eigenvalue weighted by atomic mass is 10.2. The van der Waals surface area contributed by atoms with Crippen molar-refractivity contribution < 1.29 is 23.8 Å². The van der Waals surface area contributed by atoms with Crippen LogP contribution in [-0.2, 0) is 4.79 Å². The molecule has 1 aliphatic rings. The summed E-state index contributed by atoms with van der Waals surface area (Å²) >= 11 is 6.81. The molecule has 1 aliphatic heterocycles. The van der Waals surface area contributed by atoms with Crippen LogP contribution in [0.25, 0.3) is 0 Å². The smallest absolute Gasteiger partial charge is 0.343 e. The van der Waals surface area contributed by atoms with Crippen molar-refractivity contribution in [3.8, 4) is 17.2 Å². The number of rotatable bonds is 5. The number of ether oxygens (including phenoxy) is 3. The summed E-state index contributed by atoms with van der Waals surface area (Å²) < 4.78 is 18.1. The molecule has 9 heteroatoms. The standard InChI is InChI=1S/C23H16Br2N2O5/c24-16-10-15(21(17(25)11-16)32-23(29)14-6-2-1-3-7-14)12-26-27-22(28)20-13-30-18-8-4-5-9-19(18)31-20/h1-12,20H,13H2,(H,27,28)/b26-12+/t20-/m0/s1. The quantitative estimate of drug-likeness (QED) is 0.211. The Hall–Kier alpha value is -3.17. The second kappa shape index (κ2) is 9.97. The van der Waals surface area contributed by atoms with Gasteiger partial charge in [-0.25, -0.2) is 10.2 Å². The molecule has 162 valence electrons. The fourth-order valence-corrected chi connectivity index (χ4v) is 4.24. The molecule has 1 heterocycles. The van der Waals surface area contributed by atoms with Gasteiger partial charge in [0, 0.05) is 10.0 Å². The molecule has 32 heavy (non-hydrogen) atoms. The second-order valence-electron chi connectivity index (χ2n) is 6.66. The highest BCUT2D eigenvalue weighted by atomic mass is 79.9. The molecule has 0 aromatic heterocycles. The maximum atomic E-state index is 12.5. The lowest BCUT2D eigenvalue weighted by Crippen LogP contribution is -2.42. The summed E-state index contributed by atoms with van der Waals surface area (Å²) in [5.41, 5.74) is 3.32. The largest absolute Gasteiger partial charge is 0.485 e. The second-order valence-corrected chi connectivity index (χ2v) is 8.43. The number of halogens is 2. The number of benzene rings is 3. The van der Waals surface area contributed by atoms with Crippen molar-refractivity contribution in [2.75, 3.05) is 6.61 Å². The van der Waals surface area contributed by atoms with E-state index in [0.29, 0.717) is 27.1 Å². The van der Waals surface area contributed by atoms with Gasteiger partial charge in [0.15, 0.2) is 17.2 Å². The molecular formula is C23H16Br2N2O5. The van der Waals surface area contributed by atoms with E-state index in [0.717, 1.165) is 4.47 Å². The molecule has 0 saturated heterocycles. The summed E-state index contributed by atoms with van der Waals surface area (Å²) in [6, 6.07) is 19.2. The molecule has 1 N–H and O–H groups in total. The van der Waals surface area contributed by atoms with Gasteiger partial charge in [-0.3, -0.25) is 4.79 Å². The zero-order valence-electron chi connectivity index (χ0n) is 16.5. The Morgan fingerprint density at radius 1 is 1.03 bits per heavy atom. The van der Waals surface area contributed by atoms with Crippen LogP contribution >= 0.6 is 31.9 Å². The average molecular weight is 560 g/mol. The minimum atomic E-state index is -0.841. The monoisotopic (exact) mass is 558 g/mol. The number of carbonyl (C=O) groups is 2. The van der Waals surface area contributed by atoms with E-state index in [4.69, 9.17) is 14.2 Å².